The number of rotatable bonds is 5. The van der Waals surface area contributed by atoms with E-state index in [1.165, 1.54) is 16.3 Å². The van der Waals surface area contributed by atoms with Gasteiger partial charge in [-0.1, -0.05) is 60.7 Å². The average Bonchev–Trinajstić information content (AvgIpc) is 3.15. The van der Waals surface area contributed by atoms with Gasteiger partial charge in [0.05, 0.1) is 0 Å². The fourth-order valence-electron chi connectivity index (χ4n) is 3.68. The van der Waals surface area contributed by atoms with Gasteiger partial charge in [-0.05, 0) is 41.3 Å². The van der Waals surface area contributed by atoms with Crippen molar-refractivity contribution in [2.75, 3.05) is 18.4 Å². The Morgan fingerprint density at radius 2 is 1.73 bits per heavy atom. The third-order valence-electron chi connectivity index (χ3n) is 5.13. The van der Waals surface area contributed by atoms with Crippen molar-refractivity contribution in [2.45, 2.75) is 25.3 Å². The van der Waals surface area contributed by atoms with Crippen LogP contribution in [-0.2, 0) is 11.2 Å². The molecule has 26 heavy (non-hydrogen) atoms. The molecule has 3 aromatic rings. The van der Waals surface area contributed by atoms with E-state index < -0.39 is 0 Å². The highest BCUT2D eigenvalue weighted by Gasteiger charge is 2.25. The highest BCUT2D eigenvalue weighted by atomic mass is 16.2. The van der Waals surface area contributed by atoms with Crippen molar-refractivity contribution in [3.05, 3.63) is 78.4 Å². The first-order valence-corrected chi connectivity index (χ1v) is 9.35. The van der Waals surface area contributed by atoms with Crippen LogP contribution in [0, 0.1) is 0 Å². The molecule has 3 nitrogen and oxygen atoms in total. The van der Waals surface area contributed by atoms with Crippen LogP contribution in [0.2, 0.25) is 0 Å². The van der Waals surface area contributed by atoms with Gasteiger partial charge >= 0.3 is 0 Å². The molecule has 1 atom stereocenters. The number of nitrogens with zero attached hydrogens (tertiary/aromatic N) is 1. The Hall–Kier alpha value is -2.81. The zero-order valence-corrected chi connectivity index (χ0v) is 14.9. The summed E-state index contributed by atoms with van der Waals surface area (Å²) in [6, 6.07) is 25.4. The molecule has 1 fully saturated rings. The van der Waals surface area contributed by atoms with Gasteiger partial charge in [-0.2, -0.15) is 0 Å². The summed E-state index contributed by atoms with van der Waals surface area (Å²) in [4.78, 5) is 14.6. The summed E-state index contributed by atoms with van der Waals surface area (Å²) in [7, 11) is 0. The first-order chi connectivity index (χ1) is 12.8. The fraction of sp³-hybridized carbons (Fsp3) is 0.261. The van der Waals surface area contributed by atoms with Crippen LogP contribution in [0.4, 0.5) is 5.69 Å². The lowest BCUT2D eigenvalue weighted by atomic mass is 10.0. The highest BCUT2D eigenvalue weighted by Crippen LogP contribution is 2.19. The number of aryl methyl sites for hydroxylation is 1. The number of likely N-dealkylation sites (tertiary alicyclic amines) is 1. The van der Waals surface area contributed by atoms with Gasteiger partial charge in [0, 0.05) is 31.2 Å². The van der Waals surface area contributed by atoms with Gasteiger partial charge in [0.25, 0.3) is 0 Å². The monoisotopic (exact) mass is 344 g/mol. The van der Waals surface area contributed by atoms with Gasteiger partial charge in [0.15, 0.2) is 0 Å². The molecule has 3 heteroatoms. The minimum absolute atomic E-state index is 0.260. The number of nitrogens with one attached hydrogen (secondary N) is 1. The highest BCUT2D eigenvalue weighted by molar-refractivity contribution is 5.83. The number of carbonyl (C=O) groups excluding carboxylic acids is 1. The summed E-state index contributed by atoms with van der Waals surface area (Å²) in [5, 5.41) is 6.01. The summed E-state index contributed by atoms with van der Waals surface area (Å²) in [6.07, 6.45) is 2.39. The fourth-order valence-corrected chi connectivity index (χ4v) is 3.68. The van der Waals surface area contributed by atoms with Crippen molar-refractivity contribution in [2.24, 2.45) is 0 Å². The maximum absolute atomic E-state index is 12.6. The molecule has 0 radical (unpaired) electrons. The van der Waals surface area contributed by atoms with Crippen LogP contribution in [0.25, 0.3) is 10.8 Å². The Morgan fingerprint density at radius 1 is 0.962 bits per heavy atom. The van der Waals surface area contributed by atoms with Gasteiger partial charge in [-0.15, -0.1) is 0 Å². The van der Waals surface area contributed by atoms with E-state index >= 15 is 0 Å². The number of hydrogen-bond donors (Lipinski definition) is 1. The van der Waals surface area contributed by atoms with E-state index in [0.29, 0.717) is 12.5 Å². The Morgan fingerprint density at radius 3 is 2.58 bits per heavy atom. The van der Waals surface area contributed by atoms with Crippen LogP contribution in [0.15, 0.2) is 72.8 Å². The SMILES string of the molecule is O=C(CCc1ccc2ccccc2c1)N1CCC(Nc2ccccc2)C1. The lowest BCUT2D eigenvalue weighted by molar-refractivity contribution is -0.130. The van der Waals surface area contributed by atoms with E-state index in [-0.39, 0.29) is 5.91 Å². The molecular weight excluding hydrogens is 320 g/mol. The predicted molar refractivity (Wildman–Crippen MR) is 107 cm³/mol. The molecule has 1 saturated heterocycles. The van der Waals surface area contributed by atoms with Crippen LogP contribution in [-0.4, -0.2) is 29.9 Å². The van der Waals surface area contributed by atoms with Gasteiger partial charge in [0.1, 0.15) is 0 Å². The van der Waals surface area contributed by atoms with Crippen molar-refractivity contribution in [1.29, 1.82) is 0 Å². The molecule has 0 spiro atoms. The van der Waals surface area contributed by atoms with Crippen LogP contribution in [0.5, 0.6) is 0 Å². The summed E-state index contributed by atoms with van der Waals surface area (Å²) in [5.41, 5.74) is 2.36. The molecule has 132 valence electrons. The average molecular weight is 344 g/mol. The van der Waals surface area contributed by atoms with Crippen molar-refractivity contribution in [1.82, 2.24) is 4.90 Å². The normalized spacial score (nSPS) is 16.8. The standard InChI is InChI=1S/C23H24N2O/c26-23(13-11-18-10-12-19-6-4-5-7-20(19)16-18)25-15-14-22(17-25)24-21-8-2-1-3-9-21/h1-10,12,16,22,24H,11,13-15,17H2. The second-order valence-electron chi connectivity index (χ2n) is 7.02. The Labute approximate surface area is 154 Å². The van der Waals surface area contributed by atoms with Gasteiger partial charge in [-0.25, -0.2) is 0 Å². The number of carbonyl (C=O) groups is 1. The zero-order chi connectivity index (χ0) is 17.8. The van der Waals surface area contributed by atoms with Gasteiger partial charge < -0.3 is 10.2 Å². The minimum atomic E-state index is 0.260. The second kappa shape index (κ2) is 7.61. The lowest BCUT2D eigenvalue weighted by Gasteiger charge is -2.18. The van der Waals surface area contributed by atoms with Crippen LogP contribution in [0.1, 0.15) is 18.4 Å². The molecule has 0 bridgehead atoms. The molecule has 0 saturated carbocycles. The van der Waals surface area contributed by atoms with E-state index in [1.54, 1.807) is 0 Å². The van der Waals surface area contributed by atoms with Gasteiger partial charge in [-0.3, -0.25) is 4.79 Å². The molecule has 1 N–H and O–H groups in total. The molecule has 1 aliphatic heterocycles. The van der Waals surface area contributed by atoms with Crippen LogP contribution in [0.3, 0.4) is 0 Å². The molecule has 0 aromatic heterocycles. The molecule has 1 aliphatic rings. The molecule has 1 amide bonds. The molecule has 4 rings (SSSR count). The zero-order valence-electron chi connectivity index (χ0n) is 14.9. The topological polar surface area (TPSA) is 32.3 Å². The molecule has 0 aliphatic carbocycles. The first-order valence-electron chi connectivity index (χ1n) is 9.35. The third-order valence-corrected chi connectivity index (χ3v) is 5.13. The summed E-state index contributed by atoms with van der Waals surface area (Å²) in [6.45, 7) is 1.65. The number of benzene rings is 3. The third kappa shape index (κ3) is 3.88. The maximum Gasteiger partial charge on any atom is 0.222 e. The number of anilines is 1. The summed E-state index contributed by atoms with van der Waals surface area (Å²) in [5.74, 6) is 0.260. The quantitative estimate of drug-likeness (QED) is 0.740. The molecular formula is C23H24N2O. The van der Waals surface area contributed by atoms with Gasteiger partial charge in [0.2, 0.25) is 5.91 Å². The van der Waals surface area contributed by atoms with Crippen LogP contribution >= 0.6 is 0 Å². The summed E-state index contributed by atoms with van der Waals surface area (Å²) >= 11 is 0. The largest absolute Gasteiger partial charge is 0.380 e. The number of hydrogen-bond acceptors (Lipinski definition) is 2. The Kier molecular flexibility index (Phi) is 4.87. The Bertz CT molecular complexity index is 891. The molecule has 3 aromatic carbocycles. The smallest absolute Gasteiger partial charge is 0.222 e. The van der Waals surface area contributed by atoms with Crippen molar-refractivity contribution in [3.8, 4) is 0 Å². The van der Waals surface area contributed by atoms with E-state index in [1.807, 2.05) is 23.1 Å². The first kappa shape index (κ1) is 16.6. The van der Waals surface area contributed by atoms with E-state index in [4.69, 9.17) is 0 Å². The number of amides is 1. The van der Waals surface area contributed by atoms with E-state index in [0.717, 1.165) is 31.6 Å². The van der Waals surface area contributed by atoms with E-state index in [9.17, 15) is 4.79 Å². The van der Waals surface area contributed by atoms with Crippen molar-refractivity contribution >= 4 is 22.4 Å². The molecule has 1 heterocycles. The van der Waals surface area contributed by atoms with Crippen LogP contribution < -0.4 is 5.32 Å². The Balaban J connectivity index is 1.30. The summed E-state index contributed by atoms with van der Waals surface area (Å²) < 4.78 is 0. The van der Waals surface area contributed by atoms with E-state index in [2.05, 4.69) is 59.9 Å². The number of para-hydroxylation sites is 1. The lowest BCUT2D eigenvalue weighted by Crippen LogP contribution is -2.31. The predicted octanol–water partition coefficient (Wildman–Crippen LogP) is 4.49. The maximum atomic E-state index is 12.6. The van der Waals surface area contributed by atoms with Crippen molar-refractivity contribution < 1.29 is 4.79 Å². The number of fused-ring (bicyclic) bond motifs is 1. The second-order valence-corrected chi connectivity index (χ2v) is 7.02. The molecule has 1 unspecified atom stereocenters. The van der Waals surface area contributed by atoms with Crippen molar-refractivity contribution in [3.63, 3.8) is 0 Å². The minimum Gasteiger partial charge on any atom is -0.380 e.